The molecule has 124 valence electrons. The van der Waals surface area contributed by atoms with Crippen LogP contribution in [0.25, 0.3) is 11.0 Å². The minimum Gasteiger partial charge on any atom is -0.478 e. The van der Waals surface area contributed by atoms with Gasteiger partial charge < -0.3 is 20.1 Å². The zero-order chi connectivity index (χ0) is 16.9. The average molecular weight is 325 g/mol. The number of fused-ring (bicyclic) bond motifs is 1. The van der Waals surface area contributed by atoms with E-state index in [4.69, 9.17) is 9.84 Å². The lowest BCUT2D eigenvalue weighted by atomic mass is 10.1. The number of hydrogen-bond donors (Lipinski definition) is 3. The fourth-order valence-corrected chi connectivity index (χ4v) is 2.46. The maximum absolute atomic E-state index is 12.5. The Labute approximate surface area is 139 Å². The Morgan fingerprint density at radius 2 is 2.04 bits per heavy atom. The molecule has 0 bridgehead atoms. The molecule has 1 aromatic carbocycles. The van der Waals surface area contributed by atoms with E-state index in [-0.39, 0.29) is 12.5 Å². The number of aliphatic hydroxyl groups is 1. The Hall–Kier alpha value is -2.86. The summed E-state index contributed by atoms with van der Waals surface area (Å²) in [5.74, 6) is 0.254. The summed E-state index contributed by atoms with van der Waals surface area (Å²) in [6.07, 6.45) is 2.24. The number of amides is 1. The van der Waals surface area contributed by atoms with Crippen molar-refractivity contribution in [2.24, 2.45) is 0 Å². The standard InChI is InChI=1S/C18H19N3O3/c1-2-24-16-8-7-15-17(21-16)14(11-19-15)18(23)20-13-5-3-12(4-6-13)9-10-22/h3-8,11,19,22H,2,9-10H2,1H3,(H,20,23). The molecule has 2 heterocycles. The van der Waals surface area contributed by atoms with Gasteiger partial charge in [-0.3, -0.25) is 4.79 Å². The number of nitrogens with zero attached hydrogens (tertiary/aromatic N) is 1. The average Bonchev–Trinajstić information content (AvgIpc) is 3.00. The van der Waals surface area contributed by atoms with Crippen LogP contribution in [0.4, 0.5) is 5.69 Å². The summed E-state index contributed by atoms with van der Waals surface area (Å²) >= 11 is 0. The number of rotatable bonds is 6. The van der Waals surface area contributed by atoms with Crippen LogP contribution in [0.15, 0.2) is 42.6 Å². The summed E-state index contributed by atoms with van der Waals surface area (Å²) in [7, 11) is 0. The van der Waals surface area contributed by atoms with E-state index < -0.39 is 0 Å². The van der Waals surface area contributed by atoms with E-state index in [2.05, 4.69) is 15.3 Å². The lowest BCUT2D eigenvalue weighted by Crippen LogP contribution is -2.11. The number of anilines is 1. The van der Waals surface area contributed by atoms with Crippen LogP contribution in [0, 0.1) is 0 Å². The largest absolute Gasteiger partial charge is 0.478 e. The molecule has 6 heteroatoms. The maximum Gasteiger partial charge on any atom is 0.259 e. The highest BCUT2D eigenvalue weighted by atomic mass is 16.5. The Morgan fingerprint density at radius 3 is 2.75 bits per heavy atom. The van der Waals surface area contributed by atoms with E-state index in [0.717, 1.165) is 11.1 Å². The van der Waals surface area contributed by atoms with Gasteiger partial charge >= 0.3 is 0 Å². The number of aromatic nitrogens is 2. The molecular formula is C18H19N3O3. The van der Waals surface area contributed by atoms with Gasteiger partial charge in [-0.2, -0.15) is 0 Å². The summed E-state index contributed by atoms with van der Waals surface area (Å²) in [6, 6.07) is 11.0. The first-order chi connectivity index (χ1) is 11.7. The zero-order valence-corrected chi connectivity index (χ0v) is 13.4. The minimum absolute atomic E-state index is 0.106. The molecule has 0 aliphatic rings. The van der Waals surface area contributed by atoms with Crippen LogP contribution >= 0.6 is 0 Å². The monoisotopic (exact) mass is 325 g/mol. The second kappa shape index (κ2) is 7.14. The third-order valence-electron chi connectivity index (χ3n) is 3.65. The lowest BCUT2D eigenvalue weighted by Gasteiger charge is -2.06. The van der Waals surface area contributed by atoms with Crippen LogP contribution in [-0.4, -0.2) is 34.2 Å². The van der Waals surface area contributed by atoms with Crippen LogP contribution in [0.3, 0.4) is 0 Å². The molecule has 0 saturated heterocycles. The topological polar surface area (TPSA) is 87.2 Å². The SMILES string of the molecule is CCOc1ccc2[nH]cc(C(=O)Nc3ccc(CCO)cc3)c2n1. The van der Waals surface area contributed by atoms with Crippen molar-refractivity contribution in [3.05, 3.63) is 53.7 Å². The molecule has 0 saturated carbocycles. The predicted octanol–water partition coefficient (Wildman–Crippen LogP) is 2.75. The van der Waals surface area contributed by atoms with Gasteiger partial charge in [-0.1, -0.05) is 12.1 Å². The molecule has 0 fully saturated rings. The molecule has 3 rings (SSSR count). The second-order valence-electron chi connectivity index (χ2n) is 5.31. The fraction of sp³-hybridized carbons (Fsp3) is 0.222. The second-order valence-corrected chi connectivity index (χ2v) is 5.31. The van der Waals surface area contributed by atoms with Crippen LogP contribution in [0.5, 0.6) is 5.88 Å². The van der Waals surface area contributed by atoms with Crippen molar-refractivity contribution in [1.82, 2.24) is 9.97 Å². The van der Waals surface area contributed by atoms with Crippen molar-refractivity contribution in [2.45, 2.75) is 13.3 Å². The number of ether oxygens (including phenoxy) is 1. The summed E-state index contributed by atoms with van der Waals surface area (Å²) in [6.45, 7) is 2.51. The quantitative estimate of drug-likeness (QED) is 0.650. The first-order valence-corrected chi connectivity index (χ1v) is 7.83. The normalized spacial score (nSPS) is 10.8. The number of aliphatic hydroxyl groups excluding tert-OH is 1. The van der Waals surface area contributed by atoms with Gasteiger partial charge in [0, 0.05) is 24.6 Å². The Morgan fingerprint density at radius 1 is 1.25 bits per heavy atom. The molecule has 1 amide bonds. The van der Waals surface area contributed by atoms with Gasteiger partial charge in [0.25, 0.3) is 5.91 Å². The van der Waals surface area contributed by atoms with Gasteiger partial charge in [0.1, 0.15) is 5.52 Å². The van der Waals surface area contributed by atoms with Gasteiger partial charge in [0.15, 0.2) is 0 Å². The first kappa shape index (κ1) is 16.0. The summed E-state index contributed by atoms with van der Waals surface area (Å²) < 4.78 is 5.40. The van der Waals surface area contributed by atoms with E-state index >= 15 is 0 Å². The first-order valence-electron chi connectivity index (χ1n) is 7.83. The van der Waals surface area contributed by atoms with Crippen molar-refractivity contribution in [1.29, 1.82) is 0 Å². The number of nitrogens with one attached hydrogen (secondary N) is 2. The molecule has 6 nitrogen and oxygen atoms in total. The van der Waals surface area contributed by atoms with E-state index in [0.29, 0.717) is 35.7 Å². The fourth-order valence-electron chi connectivity index (χ4n) is 2.46. The van der Waals surface area contributed by atoms with Crippen LogP contribution < -0.4 is 10.1 Å². The highest BCUT2D eigenvalue weighted by Gasteiger charge is 2.14. The molecule has 0 unspecified atom stereocenters. The number of carbonyl (C=O) groups excluding carboxylic acids is 1. The predicted molar refractivity (Wildman–Crippen MR) is 92.4 cm³/mol. The van der Waals surface area contributed by atoms with Gasteiger partial charge in [-0.15, -0.1) is 0 Å². The van der Waals surface area contributed by atoms with Crippen LogP contribution in [0.1, 0.15) is 22.8 Å². The van der Waals surface area contributed by atoms with E-state index in [1.165, 1.54) is 0 Å². The molecule has 3 aromatic rings. The Kier molecular flexibility index (Phi) is 4.77. The molecule has 0 aliphatic heterocycles. The van der Waals surface area contributed by atoms with Crippen molar-refractivity contribution < 1.29 is 14.6 Å². The van der Waals surface area contributed by atoms with Gasteiger partial charge in [0.05, 0.1) is 17.7 Å². The minimum atomic E-state index is -0.239. The van der Waals surface area contributed by atoms with Gasteiger partial charge in [0.2, 0.25) is 5.88 Å². The smallest absolute Gasteiger partial charge is 0.259 e. The molecule has 0 atom stereocenters. The zero-order valence-electron chi connectivity index (χ0n) is 13.4. The van der Waals surface area contributed by atoms with Crippen molar-refractivity contribution >= 4 is 22.6 Å². The highest BCUT2D eigenvalue weighted by molar-refractivity contribution is 6.11. The van der Waals surface area contributed by atoms with Crippen molar-refractivity contribution in [2.75, 3.05) is 18.5 Å². The molecule has 24 heavy (non-hydrogen) atoms. The van der Waals surface area contributed by atoms with Crippen LogP contribution in [-0.2, 0) is 6.42 Å². The Bertz CT molecular complexity index is 840. The molecule has 2 aromatic heterocycles. The van der Waals surface area contributed by atoms with Gasteiger partial charge in [-0.25, -0.2) is 4.98 Å². The number of aromatic amines is 1. The van der Waals surface area contributed by atoms with Crippen molar-refractivity contribution in [3.63, 3.8) is 0 Å². The molecule has 0 spiro atoms. The highest BCUT2D eigenvalue weighted by Crippen LogP contribution is 2.21. The van der Waals surface area contributed by atoms with Crippen molar-refractivity contribution in [3.8, 4) is 5.88 Å². The van der Waals surface area contributed by atoms with E-state index in [1.807, 2.05) is 37.3 Å². The number of carbonyl (C=O) groups is 1. The van der Waals surface area contributed by atoms with E-state index in [9.17, 15) is 4.79 Å². The molecule has 3 N–H and O–H groups in total. The van der Waals surface area contributed by atoms with E-state index in [1.54, 1.807) is 12.3 Å². The summed E-state index contributed by atoms with van der Waals surface area (Å²) in [5, 5.41) is 11.8. The lowest BCUT2D eigenvalue weighted by molar-refractivity contribution is 0.102. The van der Waals surface area contributed by atoms with Gasteiger partial charge in [-0.05, 0) is 37.1 Å². The van der Waals surface area contributed by atoms with Crippen LogP contribution in [0.2, 0.25) is 0 Å². The third-order valence-corrected chi connectivity index (χ3v) is 3.65. The Balaban J connectivity index is 1.81. The molecule has 0 aliphatic carbocycles. The summed E-state index contributed by atoms with van der Waals surface area (Å²) in [5.41, 5.74) is 3.53. The maximum atomic E-state index is 12.5. The molecule has 0 radical (unpaired) electrons. The third kappa shape index (κ3) is 3.38. The number of benzene rings is 1. The summed E-state index contributed by atoms with van der Waals surface area (Å²) in [4.78, 5) is 19.9. The number of pyridine rings is 1. The number of H-pyrrole nitrogens is 1. The molecular weight excluding hydrogens is 306 g/mol. The number of hydrogen-bond acceptors (Lipinski definition) is 4.